The second-order valence-corrected chi connectivity index (χ2v) is 6.86. The lowest BCUT2D eigenvalue weighted by atomic mass is 9.74. The number of rotatable bonds is 2. The highest BCUT2D eigenvalue weighted by molar-refractivity contribution is 5.67. The SMILES string of the molecule is CC1(C)OC(=O)OC(C)(C)C1(C)OC(=O)Oc1c(F)c(F)c(F)c(F)c1F. The average molecular weight is 398 g/mol. The average Bonchev–Trinajstić information content (AvgIpc) is 2.52. The predicted molar refractivity (Wildman–Crippen MR) is 77.5 cm³/mol. The lowest BCUT2D eigenvalue weighted by Crippen LogP contribution is -2.69. The Labute approximate surface area is 150 Å². The summed E-state index contributed by atoms with van der Waals surface area (Å²) in [6, 6.07) is 0. The van der Waals surface area contributed by atoms with E-state index in [0.717, 1.165) is 0 Å². The highest BCUT2D eigenvalue weighted by Gasteiger charge is 2.64. The van der Waals surface area contributed by atoms with Gasteiger partial charge in [-0.15, -0.1) is 0 Å². The summed E-state index contributed by atoms with van der Waals surface area (Å²) in [4.78, 5) is 23.6. The first-order valence-electron chi connectivity index (χ1n) is 7.49. The fourth-order valence-electron chi connectivity index (χ4n) is 2.55. The smallest absolute Gasteiger partial charge is 0.424 e. The quantitative estimate of drug-likeness (QED) is 0.242. The molecule has 0 unspecified atom stereocenters. The molecule has 1 aliphatic heterocycles. The van der Waals surface area contributed by atoms with Crippen LogP contribution in [0.2, 0.25) is 0 Å². The van der Waals surface area contributed by atoms with Crippen molar-refractivity contribution in [3.8, 4) is 5.75 Å². The van der Waals surface area contributed by atoms with Crippen molar-refractivity contribution in [2.75, 3.05) is 0 Å². The molecule has 1 saturated heterocycles. The van der Waals surface area contributed by atoms with E-state index in [0.29, 0.717) is 0 Å². The molecule has 1 aromatic rings. The van der Waals surface area contributed by atoms with Crippen LogP contribution in [0.1, 0.15) is 34.6 Å². The Morgan fingerprint density at radius 1 is 0.778 bits per heavy atom. The van der Waals surface area contributed by atoms with Gasteiger partial charge in [0.05, 0.1) is 0 Å². The fourth-order valence-corrected chi connectivity index (χ4v) is 2.55. The van der Waals surface area contributed by atoms with Crippen LogP contribution in [0.25, 0.3) is 0 Å². The lowest BCUT2D eigenvalue weighted by molar-refractivity contribution is -0.264. The van der Waals surface area contributed by atoms with Gasteiger partial charge in [0, 0.05) is 0 Å². The minimum Gasteiger partial charge on any atom is -0.424 e. The molecule has 27 heavy (non-hydrogen) atoms. The zero-order valence-electron chi connectivity index (χ0n) is 14.8. The van der Waals surface area contributed by atoms with Crippen molar-refractivity contribution in [3.63, 3.8) is 0 Å². The molecule has 11 heteroatoms. The molecule has 1 heterocycles. The van der Waals surface area contributed by atoms with E-state index in [9.17, 15) is 31.5 Å². The fraction of sp³-hybridized carbons (Fsp3) is 0.500. The molecular formula is C16H15F5O6. The van der Waals surface area contributed by atoms with Crippen LogP contribution >= 0.6 is 0 Å². The standard InChI is InChI=1S/C16H15F5O6/c1-14(2)16(5,15(3,4)26-13(23)25-14)27-12(22)24-11-9(20)7(18)6(17)8(19)10(11)21/h1-5H3. The molecule has 0 aliphatic carbocycles. The van der Waals surface area contributed by atoms with Gasteiger partial charge < -0.3 is 18.9 Å². The minimum atomic E-state index is -2.41. The van der Waals surface area contributed by atoms with Crippen molar-refractivity contribution in [1.82, 2.24) is 0 Å². The van der Waals surface area contributed by atoms with Crippen LogP contribution in [0.3, 0.4) is 0 Å². The van der Waals surface area contributed by atoms with Gasteiger partial charge in [-0.2, -0.15) is 8.78 Å². The predicted octanol–water partition coefficient (Wildman–Crippen LogP) is 4.38. The largest absolute Gasteiger partial charge is 0.514 e. The van der Waals surface area contributed by atoms with E-state index in [4.69, 9.17) is 14.2 Å². The van der Waals surface area contributed by atoms with Gasteiger partial charge in [-0.25, -0.2) is 22.8 Å². The molecular weight excluding hydrogens is 383 g/mol. The summed E-state index contributed by atoms with van der Waals surface area (Å²) in [5.74, 6) is -13.5. The van der Waals surface area contributed by atoms with Crippen LogP contribution in [0, 0.1) is 29.1 Å². The van der Waals surface area contributed by atoms with Crippen LogP contribution < -0.4 is 4.74 Å². The Bertz CT molecular complexity index is 771. The molecule has 0 saturated carbocycles. The Balaban J connectivity index is 2.37. The van der Waals surface area contributed by atoms with E-state index in [-0.39, 0.29) is 0 Å². The molecule has 0 atom stereocenters. The molecule has 0 amide bonds. The van der Waals surface area contributed by atoms with E-state index in [1.165, 1.54) is 34.6 Å². The zero-order chi connectivity index (χ0) is 20.9. The molecule has 150 valence electrons. The van der Waals surface area contributed by atoms with Gasteiger partial charge in [-0.1, -0.05) is 0 Å². The van der Waals surface area contributed by atoms with Crippen LogP contribution in [0.4, 0.5) is 31.5 Å². The molecule has 1 aliphatic rings. The van der Waals surface area contributed by atoms with Gasteiger partial charge in [-0.05, 0) is 34.6 Å². The third-order valence-corrected chi connectivity index (χ3v) is 4.62. The van der Waals surface area contributed by atoms with Gasteiger partial charge in [-0.3, -0.25) is 0 Å². The second kappa shape index (κ2) is 6.24. The summed E-state index contributed by atoms with van der Waals surface area (Å²) in [5, 5.41) is 0. The highest BCUT2D eigenvalue weighted by Crippen LogP contribution is 2.45. The van der Waals surface area contributed by atoms with Crippen molar-refractivity contribution in [1.29, 1.82) is 0 Å². The summed E-state index contributed by atoms with van der Waals surface area (Å²) >= 11 is 0. The van der Waals surface area contributed by atoms with Gasteiger partial charge in [0.25, 0.3) is 0 Å². The Kier molecular flexibility index (Phi) is 4.79. The van der Waals surface area contributed by atoms with E-state index in [2.05, 4.69) is 4.74 Å². The number of cyclic esters (lactones) is 2. The highest BCUT2D eigenvalue weighted by atomic mass is 19.2. The van der Waals surface area contributed by atoms with E-state index < -0.39 is 63.9 Å². The monoisotopic (exact) mass is 398 g/mol. The summed E-state index contributed by atoms with van der Waals surface area (Å²) in [6.07, 6.45) is -2.86. The zero-order valence-corrected chi connectivity index (χ0v) is 14.8. The van der Waals surface area contributed by atoms with Crippen molar-refractivity contribution >= 4 is 12.3 Å². The maximum atomic E-state index is 13.6. The van der Waals surface area contributed by atoms with Gasteiger partial charge in [0.15, 0.2) is 16.8 Å². The maximum absolute atomic E-state index is 13.6. The third-order valence-electron chi connectivity index (χ3n) is 4.62. The molecule has 1 aromatic carbocycles. The van der Waals surface area contributed by atoms with Crippen molar-refractivity contribution in [3.05, 3.63) is 29.1 Å². The number of carbonyl (C=O) groups is 2. The van der Waals surface area contributed by atoms with E-state index >= 15 is 0 Å². The maximum Gasteiger partial charge on any atom is 0.514 e. The number of carbonyl (C=O) groups excluding carboxylic acids is 2. The van der Waals surface area contributed by atoms with E-state index in [1.807, 2.05) is 0 Å². The Morgan fingerprint density at radius 3 is 1.56 bits per heavy atom. The molecule has 1 fully saturated rings. The summed E-state index contributed by atoms with van der Waals surface area (Å²) in [7, 11) is 0. The summed E-state index contributed by atoms with van der Waals surface area (Å²) < 4.78 is 85.9. The molecule has 0 radical (unpaired) electrons. The van der Waals surface area contributed by atoms with Crippen LogP contribution in [-0.4, -0.2) is 29.1 Å². The molecule has 0 bridgehead atoms. The van der Waals surface area contributed by atoms with Crippen LogP contribution in [-0.2, 0) is 14.2 Å². The van der Waals surface area contributed by atoms with Crippen LogP contribution in [0.15, 0.2) is 0 Å². The summed E-state index contributed by atoms with van der Waals surface area (Å²) in [6.45, 7) is 6.72. The number of benzene rings is 1. The molecule has 0 spiro atoms. The lowest BCUT2D eigenvalue weighted by Gasteiger charge is -2.53. The molecule has 6 nitrogen and oxygen atoms in total. The topological polar surface area (TPSA) is 71.1 Å². The number of hydrogen-bond acceptors (Lipinski definition) is 6. The van der Waals surface area contributed by atoms with Crippen molar-refractivity contribution in [2.24, 2.45) is 0 Å². The Hall–Kier alpha value is -2.59. The normalized spacial score (nSPS) is 19.7. The second-order valence-electron chi connectivity index (χ2n) is 6.86. The van der Waals surface area contributed by atoms with E-state index in [1.54, 1.807) is 0 Å². The van der Waals surface area contributed by atoms with Crippen molar-refractivity contribution in [2.45, 2.75) is 51.4 Å². The first kappa shape index (κ1) is 20.7. The summed E-state index contributed by atoms with van der Waals surface area (Å²) in [5.41, 5.74) is -4.77. The third kappa shape index (κ3) is 3.15. The number of ether oxygens (including phenoxy) is 4. The first-order chi connectivity index (χ1) is 12.1. The Morgan fingerprint density at radius 2 is 1.15 bits per heavy atom. The molecule has 0 aromatic heterocycles. The van der Waals surface area contributed by atoms with Crippen molar-refractivity contribution < 1.29 is 50.5 Å². The number of hydrogen-bond donors (Lipinski definition) is 0. The molecule has 2 rings (SSSR count). The molecule has 0 N–H and O–H groups in total. The van der Waals surface area contributed by atoms with Gasteiger partial charge >= 0.3 is 12.3 Å². The minimum absolute atomic E-state index is 1.06. The van der Waals surface area contributed by atoms with Gasteiger partial charge in [0.2, 0.25) is 34.8 Å². The number of halogens is 5. The van der Waals surface area contributed by atoms with Gasteiger partial charge in [0.1, 0.15) is 0 Å². The van der Waals surface area contributed by atoms with Crippen LogP contribution in [0.5, 0.6) is 5.75 Å². The first-order valence-corrected chi connectivity index (χ1v) is 7.49.